The van der Waals surface area contributed by atoms with Crippen LogP contribution in [0.1, 0.15) is 10.4 Å². The molecule has 9 heteroatoms. The first-order valence-electron chi connectivity index (χ1n) is 3.70. The number of nitro groups is 1. The highest BCUT2D eigenvalue weighted by Crippen LogP contribution is 2.37. The van der Waals surface area contributed by atoms with Crippen molar-refractivity contribution in [2.45, 2.75) is 0 Å². The molecule has 1 aromatic rings. The van der Waals surface area contributed by atoms with Gasteiger partial charge in [0.25, 0.3) is 0 Å². The number of rotatable bonds is 2. The Bertz CT molecular complexity index is 479. The normalized spacial score (nSPS) is 9.12. The minimum Gasteiger partial charge on any atom is -0.478 e. The molecule has 0 saturated carbocycles. The van der Waals surface area contributed by atoms with Crippen LogP contribution in [0.15, 0.2) is 6.07 Å². The molecule has 0 spiro atoms. The molecule has 1 N–H and O–H groups in total. The average Bonchev–Trinajstić information content (AvgIpc) is 2.25. The average molecular weight is 284 g/mol. The zero-order valence-electron chi connectivity index (χ0n) is 7.95. The summed E-state index contributed by atoms with van der Waals surface area (Å²) in [4.78, 5) is 27.9. The highest BCUT2D eigenvalue weighted by molar-refractivity contribution is 6.40. The zero-order valence-corrected chi connectivity index (χ0v) is 9.46. The van der Waals surface area contributed by atoms with Crippen molar-refractivity contribution in [3.05, 3.63) is 37.6 Å². The van der Waals surface area contributed by atoms with Gasteiger partial charge in [-0.15, -0.1) is 0 Å². The van der Waals surface area contributed by atoms with E-state index >= 15 is 0 Å². The summed E-state index contributed by atoms with van der Waals surface area (Å²) < 4.78 is 13.0. The molecule has 0 aromatic heterocycles. The van der Waals surface area contributed by atoms with Crippen molar-refractivity contribution in [3.8, 4) is 0 Å². The topological polar surface area (TPSA) is 97.5 Å². The monoisotopic (exact) mass is 283 g/mol. The third-order valence-corrected chi connectivity index (χ3v) is 2.29. The summed E-state index contributed by atoms with van der Waals surface area (Å²) in [6.45, 7) is 2.00. The molecular weight excluding hydrogens is 280 g/mol. The molecule has 0 saturated heterocycles. The number of nitro benzene ring substituents is 1. The number of carbonyl (C=O) groups excluding carboxylic acids is 1. The second-order valence-electron chi connectivity index (χ2n) is 2.44. The molecule has 1 rings (SSSR count). The lowest BCUT2D eigenvalue weighted by molar-refractivity contribution is -0.384. The first-order valence-corrected chi connectivity index (χ1v) is 4.46. The Morgan fingerprint density at radius 3 is 2.24 bits per heavy atom. The van der Waals surface area contributed by atoms with Crippen molar-refractivity contribution in [2.75, 3.05) is 0 Å². The largest absolute Gasteiger partial charge is 0.478 e. The minimum absolute atomic E-state index is 0.528. The smallest absolute Gasteiger partial charge is 0.337 e. The van der Waals surface area contributed by atoms with Crippen molar-refractivity contribution in [2.24, 2.45) is 0 Å². The van der Waals surface area contributed by atoms with Crippen LogP contribution in [-0.4, -0.2) is 22.8 Å². The zero-order chi connectivity index (χ0) is 13.7. The van der Waals surface area contributed by atoms with Crippen LogP contribution in [0, 0.1) is 15.9 Å². The Hall–Kier alpha value is -1.73. The van der Waals surface area contributed by atoms with Gasteiger partial charge in [0, 0.05) is 0 Å². The number of hydrogen-bond donors (Lipinski definition) is 1. The maximum absolute atomic E-state index is 13.0. The van der Waals surface area contributed by atoms with Gasteiger partial charge in [-0.05, 0) is 6.07 Å². The molecule has 17 heavy (non-hydrogen) atoms. The fourth-order valence-electron chi connectivity index (χ4n) is 0.906. The molecule has 0 fully saturated rings. The number of halogens is 3. The van der Waals surface area contributed by atoms with E-state index in [1.807, 2.05) is 6.79 Å². The molecule has 0 unspecified atom stereocenters. The van der Waals surface area contributed by atoms with Crippen LogP contribution in [0.4, 0.5) is 10.1 Å². The number of aromatic carboxylic acids is 1. The Balaban J connectivity index is 0.00000121. The first-order chi connectivity index (χ1) is 7.86. The van der Waals surface area contributed by atoms with E-state index < -0.39 is 38.0 Å². The highest BCUT2D eigenvalue weighted by atomic mass is 35.5. The lowest BCUT2D eigenvalue weighted by Gasteiger charge is -2.02. The summed E-state index contributed by atoms with van der Waals surface area (Å²) >= 11 is 10.7. The van der Waals surface area contributed by atoms with E-state index in [2.05, 4.69) is 0 Å². The molecular formula is C8H4Cl2FNO5. The quantitative estimate of drug-likeness (QED) is 0.511. The second kappa shape index (κ2) is 6.12. The van der Waals surface area contributed by atoms with Gasteiger partial charge >= 0.3 is 11.7 Å². The number of carbonyl (C=O) groups is 2. The highest BCUT2D eigenvalue weighted by Gasteiger charge is 2.27. The van der Waals surface area contributed by atoms with E-state index in [1.54, 1.807) is 0 Å². The van der Waals surface area contributed by atoms with Gasteiger partial charge in [0.2, 0.25) is 0 Å². The van der Waals surface area contributed by atoms with E-state index in [0.29, 0.717) is 6.07 Å². The number of carboxylic acids is 1. The summed E-state index contributed by atoms with van der Waals surface area (Å²) in [5.74, 6) is -2.77. The first kappa shape index (κ1) is 15.3. The fraction of sp³-hybridized carbons (Fsp3) is 0. The van der Waals surface area contributed by atoms with E-state index in [9.17, 15) is 19.3 Å². The van der Waals surface area contributed by atoms with Gasteiger partial charge < -0.3 is 9.90 Å². The number of benzene rings is 1. The molecule has 6 nitrogen and oxygen atoms in total. The van der Waals surface area contributed by atoms with Crippen molar-refractivity contribution in [1.82, 2.24) is 0 Å². The van der Waals surface area contributed by atoms with E-state index in [0.717, 1.165) is 0 Å². The summed E-state index contributed by atoms with van der Waals surface area (Å²) in [5, 5.41) is 17.5. The van der Waals surface area contributed by atoms with Gasteiger partial charge in [-0.2, -0.15) is 0 Å². The molecule has 0 aliphatic carbocycles. The van der Waals surface area contributed by atoms with E-state index in [1.165, 1.54) is 0 Å². The van der Waals surface area contributed by atoms with Gasteiger partial charge in [-0.3, -0.25) is 10.1 Å². The van der Waals surface area contributed by atoms with Crippen LogP contribution in [0.2, 0.25) is 10.0 Å². The predicted molar refractivity (Wildman–Crippen MR) is 57.2 cm³/mol. The van der Waals surface area contributed by atoms with Crippen LogP contribution in [0.3, 0.4) is 0 Å². The summed E-state index contributed by atoms with van der Waals surface area (Å²) in [5.41, 5.74) is -1.65. The van der Waals surface area contributed by atoms with E-state index in [-0.39, 0.29) is 0 Å². The van der Waals surface area contributed by atoms with Crippen molar-refractivity contribution >= 4 is 41.6 Å². The van der Waals surface area contributed by atoms with Crippen LogP contribution in [0.5, 0.6) is 0 Å². The summed E-state index contributed by atoms with van der Waals surface area (Å²) in [7, 11) is 0. The standard InChI is InChI=1S/C7H2Cl2FNO4.CH2O/c8-4-2(7(12)13)1-3(10)5(9)6(4)11(14)15;1-2/h1H,(H,12,13);1H2. The van der Waals surface area contributed by atoms with Crippen molar-refractivity contribution < 1.29 is 24.0 Å². The van der Waals surface area contributed by atoms with Gasteiger partial charge in [0.05, 0.1) is 10.5 Å². The van der Waals surface area contributed by atoms with Crippen LogP contribution >= 0.6 is 23.2 Å². The Labute approximate surface area is 104 Å². The fourth-order valence-corrected chi connectivity index (χ4v) is 1.47. The third kappa shape index (κ3) is 3.11. The Morgan fingerprint density at radius 2 is 1.88 bits per heavy atom. The summed E-state index contributed by atoms with van der Waals surface area (Å²) in [6, 6.07) is 0.528. The van der Waals surface area contributed by atoms with Crippen molar-refractivity contribution in [3.63, 3.8) is 0 Å². The molecule has 1 aromatic carbocycles. The number of carboxylic acid groups (broad SMARTS) is 1. The third-order valence-electron chi connectivity index (χ3n) is 1.55. The minimum atomic E-state index is -1.57. The van der Waals surface area contributed by atoms with E-state index in [4.69, 9.17) is 33.1 Å². The molecule has 92 valence electrons. The van der Waals surface area contributed by atoms with Crippen LogP contribution in [-0.2, 0) is 4.79 Å². The van der Waals surface area contributed by atoms with Crippen LogP contribution < -0.4 is 0 Å². The lowest BCUT2D eigenvalue weighted by atomic mass is 10.2. The molecule has 0 aliphatic rings. The van der Waals surface area contributed by atoms with Gasteiger partial charge in [0.1, 0.15) is 17.6 Å². The Kier molecular flexibility index (Phi) is 5.49. The molecule has 0 aliphatic heterocycles. The second-order valence-corrected chi connectivity index (χ2v) is 3.20. The number of hydrogen-bond acceptors (Lipinski definition) is 4. The predicted octanol–water partition coefficient (Wildman–Crippen LogP) is 2.55. The summed E-state index contributed by atoms with van der Waals surface area (Å²) in [6.07, 6.45) is 0. The SMILES string of the molecule is C=O.O=C(O)c1cc(F)c(Cl)c([N+](=O)[O-])c1Cl. The van der Waals surface area contributed by atoms with Gasteiger partial charge in [-0.1, -0.05) is 23.2 Å². The number of nitrogens with zero attached hydrogens (tertiary/aromatic N) is 1. The molecule has 0 heterocycles. The maximum atomic E-state index is 13.0. The van der Waals surface area contributed by atoms with Crippen LogP contribution in [0.25, 0.3) is 0 Å². The van der Waals surface area contributed by atoms with Gasteiger partial charge in [0.15, 0.2) is 5.02 Å². The molecule has 0 radical (unpaired) electrons. The lowest BCUT2D eigenvalue weighted by Crippen LogP contribution is -2.03. The van der Waals surface area contributed by atoms with Gasteiger partial charge in [-0.25, -0.2) is 9.18 Å². The molecule has 0 amide bonds. The molecule has 0 bridgehead atoms. The van der Waals surface area contributed by atoms with Crippen molar-refractivity contribution in [1.29, 1.82) is 0 Å². The Morgan fingerprint density at radius 1 is 1.41 bits per heavy atom. The molecule has 0 atom stereocenters. The maximum Gasteiger partial charge on any atom is 0.337 e.